The molecule has 0 N–H and O–H groups in total. The summed E-state index contributed by atoms with van der Waals surface area (Å²) in [5.74, 6) is 2.20. The molecule has 0 aromatic heterocycles. The minimum Gasteiger partial charge on any atom is -0.391 e. The molecule has 0 spiro atoms. The third kappa shape index (κ3) is 13.2. The first-order valence-electron chi connectivity index (χ1n) is 14.9. The van der Waals surface area contributed by atoms with E-state index in [4.69, 9.17) is 17.7 Å². The van der Waals surface area contributed by atoms with Gasteiger partial charge < -0.3 is 17.7 Å². The molecule has 0 saturated carbocycles. The predicted molar refractivity (Wildman–Crippen MR) is 188 cm³/mol. The van der Waals surface area contributed by atoms with Crippen molar-refractivity contribution in [1.29, 1.82) is 0 Å². The van der Waals surface area contributed by atoms with Gasteiger partial charge in [0, 0.05) is 37.9 Å². The van der Waals surface area contributed by atoms with Crippen LogP contribution in [-0.4, -0.2) is 55.1 Å². The summed E-state index contributed by atoms with van der Waals surface area (Å²) in [7, 11) is 2.85. The number of unbranched alkanes of at least 4 members (excludes halogenated alkanes) is 2. The Bertz CT molecular complexity index is 800. The van der Waals surface area contributed by atoms with Crippen LogP contribution >= 0.6 is 41.2 Å². The first kappa shape index (κ1) is 36.3. The third-order valence-electron chi connectivity index (χ3n) is 6.44. The second-order valence-corrected chi connectivity index (χ2v) is 22.1. The maximum absolute atomic E-state index is 6.55. The molecule has 0 radical (unpaired) electrons. The highest BCUT2D eigenvalue weighted by Gasteiger charge is 2.40. The maximum Gasteiger partial charge on any atom is 0.372 e. The highest BCUT2D eigenvalue weighted by Crippen LogP contribution is 2.44. The van der Waals surface area contributed by atoms with Crippen LogP contribution in [0.15, 0.2) is 60.7 Å². The van der Waals surface area contributed by atoms with Crippen molar-refractivity contribution in [3.63, 3.8) is 0 Å². The summed E-state index contributed by atoms with van der Waals surface area (Å²) in [6.45, 7) is 11.6. The summed E-state index contributed by atoms with van der Waals surface area (Å²) >= 11 is 0. The molecule has 2 unspecified atom stereocenters. The Morgan fingerprint density at radius 1 is 0.525 bits per heavy atom. The third-order valence-corrected chi connectivity index (χ3v) is 20.4. The number of hydrogen-bond acceptors (Lipinski definition) is 8. The molecule has 0 heterocycles. The molecule has 226 valence electrons. The van der Waals surface area contributed by atoms with Gasteiger partial charge >= 0.3 is 17.1 Å². The summed E-state index contributed by atoms with van der Waals surface area (Å²) in [6.07, 6.45) is 6.64. The summed E-state index contributed by atoms with van der Waals surface area (Å²) in [5.41, 5.74) is 0. The average molecular weight is 659 g/mol. The van der Waals surface area contributed by atoms with Crippen molar-refractivity contribution < 1.29 is 17.7 Å². The van der Waals surface area contributed by atoms with Crippen molar-refractivity contribution in [3.8, 4) is 0 Å². The van der Waals surface area contributed by atoms with Gasteiger partial charge in [0.05, 0.1) is 0 Å². The van der Waals surface area contributed by atoms with E-state index in [1.54, 1.807) is 0 Å². The van der Waals surface area contributed by atoms with E-state index in [-0.39, 0.29) is 0 Å². The molecule has 2 aromatic carbocycles. The molecule has 2 atom stereocenters. The monoisotopic (exact) mass is 658 g/mol. The molecule has 10 heteroatoms. The molecule has 0 fully saturated rings. The van der Waals surface area contributed by atoms with E-state index in [0.29, 0.717) is 13.2 Å². The van der Waals surface area contributed by atoms with Crippen LogP contribution in [0.2, 0.25) is 12.1 Å². The van der Waals surface area contributed by atoms with Crippen LogP contribution in [0.25, 0.3) is 0 Å². The van der Waals surface area contributed by atoms with Crippen molar-refractivity contribution in [3.05, 3.63) is 60.7 Å². The van der Waals surface area contributed by atoms with Crippen LogP contribution < -0.4 is 10.4 Å². The van der Waals surface area contributed by atoms with Crippen molar-refractivity contribution in [1.82, 2.24) is 0 Å². The molecule has 2 rings (SSSR count). The van der Waals surface area contributed by atoms with Crippen LogP contribution in [0, 0.1) is 0 Å². The molecular weight excluding hydrogens is 609 g/mol. The topological polar surface area (TPSA) is 36.9 Å². The lowest BCUT2D eigenvalue weighted by molar-refractivity contribution is 0.184. The number of rotatable bonds is 25. The van der Waals surface area contributed by atoms with Gasteiger partial charge in [-0.15, -0.1) is 0 Å². The lowest BCUT2D eigenvalue weighted by atomic mass is 10.4. The number of hydrogen-bond donors (Lipinski definition) is 0. The zero-order chi connectivity index (χ0) is 28.8. The quantitative estimate of drug-likeness (QED) is 0.0595. The Morgan fingerprint density at radius 3 is 1.27 bits per heavy atom. The largest absolute Gasteiger partial charge is 0.391 e. The Labute approximate surface area is 261 Å². The first-order chi connectivity index (χ1) is 19.7. The molecule has 0 aliphatic carbocycles. The SMILES string of the molecule is CCCCO[Si](CCCSSSSCCC[Si](OCC)(OCCCC)c1ccccc1)(OCC)c1ccccc1. The maximum atomic E-state index is 6.55. The molecule has 4 nitrogen and oxygen atoms in total. The van der Waals surface area contributed by atoms with E-state index in [1.165, 1.54) is 10.4 Å². The van der Waals surface area contributed by atoms with Gasteiger partial charge in [-0.05, 0) is 81.6 Å². The fourth-order valence-electron chi connectivity index (χ4n) is 4.44. The van der Waals surface area contributed by atoms with Crippen LogP contribution in [0.5, 0.6) is 0 Å². The van der Waals surface area contributed by atoms with Gasteiger partial charge in [-0.2, -0.15) is 0 Å². The minimum absolute atomic E-state index is 0.697. The Kier molecular flexibility index (Phi) is 20.5. The number of benzene rings is 2. The van der Waals surface area contributed by atoms with Gasteiger partial charge in [0.15, 0.2) is 0 Å². The van der Waals surface area contributed by atoms with Crippen molar-refractivity contribution in [2.45, 2.75) is 78.3 Å². The Balaban J connectivity index is 1.75. The molecule has 2 aromatic rings. The Hall–Kier alpha value is 0.114. The van der Waals surface area contributed by atoms with E-state index in [2.05, 4.69) is 88.4 Å². The van der Waals surface area contributed by atoms with E-state index >= 15 is 0 Å². The molecule has 0 aliphatic rings. The zero-order valence-electron chi connectivity index (χ0n) is 24.9. The lowest BCUT2D eigenvalue weighted by Gasteiger charge is -2.31. The second kappa shape index (κ2) is 22.6. The minimum atomic E-state index is -2.41. The molecule has 40 heavy (non-hydrogen) atoms. The fraction of sp³-hybridized carbons (Fsp3) is 0.600. The fourth-order valence-corrected chi connectivity index (χ4v) is 17.7. The molecule has 0 aliphatic heterocycles. The van der Waals surface area contributed by atoms with E-state index in [9.17, 15) is 0 Å². The normalized spacial score (nSPS) is 14.6. The molecule has 0 saturated heterocycles. The van der Waals surface area contributed by atoms with E-state index in [0.717, 1.165) is 75.3 Å². The van der Waals surface area contributed by atoms with Crippen molar-refractivity contribution >= 4 is 68.7 Å². The molecule has 0 amide bonds. The van der Waals surface area contributed by atoms with E-state index in [1.807, 2.05) is 41.2 Å². The summed E-state index contributed by atoms with van der Waals surface area (Å²) in [5, 5.41) is 2.52. The lowest BCUT2D eigenvalue weighted by Crippen LogP contribution is -2.54. The predicted octanol–water partition coefficient (Wildman–Crippen LogP) is 8.85. The van der Waals surface area contributed by atoms with Crippen molar-refractivity contribution in [2.24, 2.45) is 0 Å². The molecular formula is C30H50O4S4Si2. The van der Waals surface area contributed by atoms with Gasteiger partial charge in [0.1, 0.15) is 0 Å². The highest BCUT2D eigenvalue weighted by atomic mass is 33.7. The second-order valence-electron chi connectivity index (χ2n) is 9.50. The zero-order valence-corrected chi connectivity index (χ0v) is 30.2. The van der Waals surface area contributed by atoms with E-state index < -0.39 is 17.1 Å². The van der Waals surface area contributed by atoms with Gasteiger partial charge in [-0.25, -0.2) is 0 Å². The van der Waals surface area contributed by atoms with Gasteiger partial charge in [-0.3, -0.25) is 0 Å². The average Bonchev–Trinajstić information content (AvgIpc) is 2.99. The smallest absolute Gasteiger partial charge is 0.372 e. The Morgan fingerprint density at radius 2 is 0.925 bits per heavy atom. The van der Waals surface area contributed by atoms with Crippen molar-refractivity contribution in [2.75, 3.05) is 37.9 Å². The van der Waals surface area contributed by atoms with Crippen LogP contribution in [0.3, 0.4) is 0 Å². The van der Waals surface area contributed by atoms with Crippen LogP contribution in [0.1, 0.15) is 66.2 Å². The van der Waals surface area contributed by atoms with Gasteiger partial charge in [0.25, 0.3) is 0 Å². The summed E-state index contributed by atoms with van der Waals surface area (Å²) < 4.78 is 25.9. The standard InChI is InChI=1S/C30H50O4S4Si2/c1-5-9-23-33-39(31-7-3,29-19-13-11-14-20-29)27-17-25-35-37-38-36-26-18-28-40(32-8-4,34-24-10-6-2)30-21-15-12-16-22-30/h11-16,19-22H,5-10,17-18,23-28H2,1-4H3. The highest BCUT2D eigenvalue weighted by molar-refractivity contribution is 9.26. The van der Waals surface area contributed by atoms with Crippen LogP contribution in [-0.2, 0) is 17.7 Å². The van der Waals surface area contributed by atoms with Crippen LogP contribution in [0.4, 0.5) is 0 Å². The summed E-state index contributed by atoms with van der Waals surface area (Å²) in [4.78, 5) is 0. The van der Waals surface area contributed by atoms with Gasteiger partial charge in [0.2, 0.25) is 0 Å². The first-order valence-corrected chi connectivity index (χ1v) is 24.1. The van der Waals surface area contributed by atoms with Gasteiger partial charge in [-0.1, -0.05) is 109 Å². The summed E-state index contributed by atoms with van der Waals surface area (Å²) in [6, 6.07) is 23.3. The molecule has 0 bridgehead atoms.